The summed E-state index contributed by atoms with van der Waals surface area (Å²) < 4.78 is 82.8. The van der Waals surface area contributed by atoms with Crippen molar-refractivity contribution in [3.63, 3.8) is 0 Å². The molecule has 0 unspecified atom stereocenters. The van der Waals surface area contributed by atoms with E-state index in [1.165, 1.54) is 0 Å². The highest BCUT2D eigenvalue weighted by Crippen LogP contribution is 2.38. The Balaban J connectivity index is 1.86. The van der Waals surface area contributed by atoms with Crippen LogP contribution in [0.3, 0.4) is 0 Å². The van der Waals surface area contributed by atoms with E-state index in [0.29, 0.717) is 24.6 Å². The predicted octanol–water partition coefficient (Wildman–Crippen LogP) is 5.01. The number of hydrogen-bond donors (Lipinski definition) is 0. The first-order valence-electron chi connectivity index (χ1n) is 8.37. The molecule has 27 heavy (non-hydrogen) atoms. The zero-order chi connectivity index (χ0) is 19.8. The van der Waals surface area contributed by atoms with Gasteiger partial charge in [-0.25, -0.2) is 0 Å². The molecule has 10 heteroatoms. The Morgan fingerprint density at radius 1 is 1.00 bits per heavy atom. The fourth-order valence-corrected chi connectivity index (χ4v) is 2.93. The van der Waals surface area contributed by atoms with E-state index >= 15 is 0 Å². The molecule has 1 aromatic heterocycles. The van der Waals surface area contributed by atoms with Gasteiger partial charge >= 0.3 is 12.4 Å². The molecule has 0 N–H and O–H groups in total. The van der Waals surface area contributed by atoms with Gasteiger partial charge in [0.1, 0.15) is 0 Å². The second-order valence-corrected chi connectivity index (χ2v) is 6.76. The van der Waals surface area contributed by atoms with Crippen LogP contribution in [0.1, 0.15) is 36.8 Å². The molecule has 148 valence electrons. The Morgan fingerprint density at radius 3 is 2.07 bits per heavy atom. The molecule has 0 saturated carbocycles. The number of halogens is 6. The van der Waals surface area contributed by atoms with Gasteiger partial charge in [-0.05, 0) is 50.0 Å². The minimum atomic E-state index is -4.92. The van der Waals surface area contributed by atoms with E-state index in [0.717, 1.165) is 25.9 Å². The van der Waals surface area contributed by atoms with Crippen LogP contribution in [-0.4, -0.2) is 28.1 Å². The molecule has 2 heterocycles. The maximum atomic E-state index is 13.0. The van der Waals surface area contributed by atoms with Gasteiger partial charge < -0.3 is 4.52 Å². The Hall–Kier alpha value is -2.10. The van der Waals surface area contributed by atoms with Crippen molar-refractivity contribution >= 4 is 0 Å². The van der Waals surface area contributed by atoms with Crippen molar-refractivity contribution in [3.05, 3.63) is 35.2 Å². The summed E-state index contributed by atoms with van der Waals surface area (Å²) in [4.78, 5) is 6.05. The van der Waals surface area contributed by atoms with E-state index in [4.69, 9.17) is 4.52 Å². The number of piperidine rings is 1. The molecule has 1 saturated heterocycles. The standard InChI is InChI=1S/C17H17F6N3O/c1-10-2-4-26(5-3-10)9-14-24-15(25-27-14)11-6-12(16(18,19)20)8-13(7-11)17(21,22)23/h6-8,10H,2-5,9H2,1H3. The summed E-state index contributed by atoms with van der Waals surface area (Å²) in [7, 11) is 0. The van der Waals surface area contributed by atoms with E-state index in [1.54, 1.807) is 0 Å². The first-order chi connectivity index (χ1) is 12.5. The highest BCUT2D eigenvalue weighted by molar-refractivity contribution is 5.58. The minimum absolute atomic E-state index is 0.0688. The summed E-state index contributed by atoms with van der Waals surface area (Å²) in [5.41, 5.74) is -3.22. The highest BCUT2D eigenvalue weighted by atomic mass is 19.4. The first-order valence-corrected chi connectivity index (χ1v) is 8.37. The third-order valence-electron chi connectivity index (χ3n) is 4.55. The number of alkyl halides is 6. The Bertz CT molecular complexity index is 758. The summed E-state index contributed by atoms with van der Waals surface area (Å²) in [5.74, 6) is 0.475. The molecule has 0 atom stereocenters. The predicted molar refractivity (Wildman–Crippen MR) is 83.4 cm³/mol. The second-order valence-electron chi connectivity index (χ2n) is 6.76. The van der Waals surface area contributed by atoms with E-state index < -0.39 is 23.5 Å². The van der Waals surface area contributed by atoms with Crippen LogP contribution in [-0.2, 0) is 18.9 Å². The van der Waals surface area contributed by atoms with Crippen LogP contribution in [0.5, 0.6) is 0 Å². The van der Waals surface area contributed by atoms with Gasteiger partial charge in [-0.15, -0.1) is 0 Å². The normalized spacial score (nSPS) is 17.4. The summed E-state index contributed by atoms with van der Waals surface area (Å²) in [6.45, 7) is 4.10. The molecule has 1 aliphatic heterocycles. The van der Waals surface area contributed by atoms with Crippen molar-refractivity contribution in [2.24, 2.45) is 5.92 Å². The third-order valence-corrected chi connectivity index (χ3v) is 4.55. The molecule has 3 rings (SSSR count). The number of likely N-dealkylation sites (tertiary alicyclic amines) is 1. The minimum Gasteiger partial charge on any atom is -0.338 e. The lowest BCUT2D eigenvalue weighted by atomic mass is 9.99. The van der Waals surface area contributed by atoms with Crippen LogP contribution in [0.2, 0.25) is 0 Å². The highest BCUT2D eigenvalue weighted by Gasteiger charge is 2.37. The van der Waals surface area contributed by atoms with E-state index in [9.17, 15) is 26.3 Å². The number of nitrogens with zero attached hydrogens (tertiary/aromatic N) is 3. The maximum absolute atomic E-state index is 13.0. The molecule has 0 bridgehead atoms. The summed E-state index contributed by atoms with van der Waals surface area (Å²) in [6.07, 6.45) is -7.84. The molecule has 1 fully saturated rings. The molecule has 0 aliphatic carbocycles. The Morgan fingerprint density at radius 2 is 1.56 bits per heavy atom. The first kappa shape index (κ1) is 19.7. The Labute approximate surface area is 151 Å². The average molecular weight is 393 g/mol. The zero-order valence-corrected chi connectivity index (χ0v) is 14.4. The summed E-state index contributed by atoms with van der Waals surface area (Å²) in [6, 6.07) is 1.25. The van der Waals surface area contributed by atoms with E-state index in [1.807, 2.05) is 0 Å². The molecule has 1 aliphatic rings. The number of hydrogen-bond acceptors (Lipinski definition) is 4. The van der Waals surface area contributed by atoms with Crippen molar-refractivity contribution in [2.45, 2.75) is 38.7 Å². The molecule has 2 aromatic rings. The van der Waals surface area contributed by atoms with E-state index in [-0.39, 0.29) is 23.3 Å². The number of benzene rings is 1. The average Bonchev–Trinajstić information content (AvgIpc) is 3.03. The topological polar surface area (TPSA) is 42.2 Å². The molecule has 0 spiro atoms. The fraction of sp³-hybridized carbons (Fsp3) is 0.529. The molecule has 1 aromatic carbocycles. The lowest BCUT2D eigenvalue weighted by Gasteiger charge is -2.28. The van der Waals surface area contributed by atoms with Crippen molar-refractivity contribution in [1.29, 1.82) is 0 Å². The molecule has 4 nitrogen and oxygen atoms in total. The van der Waals surface area contributed by atoms with Crippen molar-refractivity contribution in [2.75, 3.05) is 13.1 Å². The largest absolute Gasteiger partial charge is 0.416 e. The lowest BCUT2D eigenvalue weighted by molar-refractivity contribution is -0.143. The smallest absolute Gasteiger partial charge is 0.338 e. The van der Waals surface area contributed by atoms with Gasteiger partial charge in [0.25, 0.3) is 0 Å². The number of aromatic nitrogens is 2. The van der Waals surface area contributed by atoms with Crippen LogP contribution in [0.25, 0.3) is 11.4 Å². The van der Waals surface area contributed by atoms with Gasteiger partial charge in [-0.1, -0.05) is 12.1 Å². The van der Waals surface area contributed by atoms with Gasteiger partial charge in [0.05, 0.1) is 17.7 Å². The molecule has 0 radical (unpaired) electrons. The molecule has 0 amide bonds. The van der Waals surface area contributed by atoms with Gasteiger partial charge in [0.2, 0.25) is 11.7 Å². The van der Waals surface area contributed by atoms with E-state index in [2.05, 4.69) is 22.0 Å². The third kappa shape index (κ3) is 4.79. The SMILES string of the molecule is CC1CCN(Cc2nc(-c3cc(C(F)(F)F)cc(C(F)(F)F)c3)no2)CC1. The van der Waals surface area contributed by atoms with Crippen LogP contribution in [0.15, 0.2) is 22.7 Å². The van der Waals surface area contributed by atoms with Crippen molar-refractivity contribution in [1.82, 2.24) is 15.0 Å². The summed E-state index contributed by atoms with van der Waals surface area (Å²) >= 11 is 0. The van der Waals surface area contributed by atoms with Gasteiger partial charge in [0, 0.05) is 5.56 Å². The number of rotatable bonds is 3. The molecular formula is C17H17F6N3O. The second kappa shape index (κ2) is 7.14. The van der Waals surface area contributed by atoms with Gasteiger partial charge in [-0.2, -0.15) is 31.3 Å². The van der Waals surface area contributed by atoms with Gasteiger partial charge in [-0.3, -0.25) is 4.90 Å². The quantitative estimate of drug-likeness (QED) is 0.688. The van der Waals surface area contributed by atoms with Crippen molar-refractivity contribution in [3.8, 4) is 11.4 Å². The summed E-state index contributed by atoms with van der Waals surface area (Å²) in [5, 5.41) is 3.57. The molecular weight excluding hydrogens is 376 g/mol. The van der Waals surface area contributed by atoms with Crippen LogP contribution in [0.4, 0.5) is 26.3 Å². The van der Waals surface area contributed by atoms with Crippen LogP contribution >= 0.6 is 0 Å². The lowest BCUT2D eigenvalue weighted by Crippen LogP contribution is -2.32. The van der Waals surface area contributed by atoms with Crippen LogP contribution in [0, 0.1) is 5.92 Å². The van der Waals surface area contributed by atoms with Crippen LogP contribution < -0.4 is 0 Å². The van der Waals surface area contributed by atoms with Crippen molar-refractivity contribution < 1.29 is 30.9 Å². The monoisotopic (exact) mass is 393 g/mol. The fourth-order valence-electron chi connectivity index (χ4n) is 2.93. The maximum Gasteiger partial charge on any atom is 0.416 e. The Kier molecular flexibility index (Phi) is 5.20. The van der Waals surface area contributed by atoms with Gasteiger partial charge in [0.15, 0.2) is 0 Å². The zero-order valence-electron chi connectivity index (χ0n) is 14.4.